The summed E-state index contributed by atoms with van der Waals surface area (Å²) in [5.74, 6) is -0.664. The standard InChI is InChI=1S/C21H16ClFN2O4S2/c1-29-18-6-5-14(22)10-16(18)24-11-19-20(26)21-17(7-8-30-21)25(31(19,27)28)12-13-3-2-4-15(23)9-13/h2-11,24H,12H2,1H3. The number of methoxy groups -OCH3 is 1. The van der Waals surface area contributed by atoms with Gasteiger partial charge in [-0.2, -0.15) is 0 Å². The fraction of sp³-hybridized carbons (Fsp3) is 0.0952. The number of rotatable bonds is 5. The minimum atomic E-state index is -4.21. The lowest BCUT2D eigenvalue weighted by Gasteiger charge is -2.29. The van der Waals surface area contributed by atoms with Crippen LogP contribution in [0.5, 0.6) is 5.75 Å². The van der Waals surface area contributed by atoms with Crippen LogP contribution in [0.25, 0.3) is 0 Å². The SMILES string of the molecule is COc1ccc(Cl)cc1NC=C1C(=O)c2sccc2N(Cc2cccc(F)c2)S1(=O)=O. The highest BCUT2D eigenvalue weighted by Crippen LogP contribution is 2.39. The Bertz CT molecular complexity index is 1300. The van der Waals surface area contributed by atoms with Gasteiger partial charge in [-0.05, 0) is 47.3 Å². The average Bonchev–Trinajstić information content (AvgIpc) is 3.21. The van der Waals surface area contributed by atoms with E-state index in [1.54, 1.807) is 35.7 Å². The number of ketones is 1. The van der Waals surface area contributed by atoms with Crippen LogP contribution >= 0.6 is 22.9 Å². The Morgan fingerprint density at radius 3 is 2.77 bits per heavy atom. The van der Waals surface area contributed by atoms with Gasteiger partial charge < -0.3 is 10.1 Å². The molecule has 1 aliphatic rings. The Hall–Kier alpha value is -2.88. The first-order valence-electron chi connectivity index (χ1n) is 9.01. The molecule has 0 saturated carbocycles. The number of allylic oxidation sites excluding steroid dienone is 1. The van der Waals surface area contributed by atoms with E-state index in [4.69, 9.17) is 16.3 Å². The third kappa shape index (κ3) is 4.04. The van der Waals surface area contributed by atoms with Gasteiger partial charge in [0.25, 0.3) is 10.0 Å². The number of carbonyl (C=O) groups is 1. The summed E-state index contributed by atoms with van der Waals surface area (Å²) in [4.78, 5) is 12.8. The van der Waals surface area contributed by atoms with E-state index in [-0.39, 0.29) is 17.1 Å². The number of ether oxygens (including phenoxy) is 1. The number of carbonyl (C=O) groups excluding carboxylic acids is 1. The summed E-state index contributed by atoms with van der Waals surface area (Å²) in [5, 5.41) is 4.88. The highest BCUT2D eigenvalue weighted by Gasteiger charge is 2.41. The third-order valence-electron chi connectivity index (χ3n) is 4.65. The van der Waals surface area contributed by atoms with Gasteiger partial charge in [-0.15, -0.1) is 11.3 Å². The molecule has 160 valence electrons. The molecule has 1 aromatic heterocycles. The fourth-order valence-electron chi connectivity index (χ4n) is 3.19. The fourth-order valence-corrected chi connectivity index (χ4v) is 5.85. The molecule has 0 fully saturated rings. The number of hydrogen-bond acceptors (Lipinski definition) is 6. The Kier molecular flexibility index (Phi) is 5.74. The van der Waals surface area contributed by atoms with E-state index in [0.29, 0.717) is 22.0 Å². The molecular weight excluding hydrogens is 463 g/mol. The highest BCUT2D eigenvalue weighted by atomic mass is 35.5. The van der Waals surface area contributed by atoms with E-state index in [0.717, 1.165) is 21.8 Å². The van der Waals surface area contributed by atoms with Crippen LogP contribution in [-0.4, -0.2) is 21.3 Å². The molecule has 6 nitrogen and oxygen atoms in total. The maximum absolute atomic E-state index is 13.6. The van der Waals surface area contributed by atoms with E-state index in [1.165, 1.54) is 25.3 Å². The monoisotopic (exact) mass is 478 g/mol. The second-order valence-corrected chi connectivity index (χ2v) is 9.79. The largest absolute Gasteiger partial charge is 0.495 e. The minimum Gasteiger partial charge on any atom is -0.495 e. The van der Waals surface area contributed by atoms with Crippen LogP contribution < -0.4 is 14.4 Å². The number of fused-ring (bicyclic) bond motifs is 1. The second kappa shape index (κ2) is 8.33. The molecule has 0 unspecified atom stereocenters. The maximum Gasteiger partial charge on any atom is 0.270 e. The van der Waals surface area contributed by atoms with Crippen LogP contribution in [0.1, 0.15) is 15.2 Å². The lowest BCUT2D eigenvalue weighted by atomic mass is 10.2. The molecule has 0 bridgehead atoms. The van der Waals surface area contributed by atoms with E-state index in [9.17, 15) is 17.6 Å². The average molecular weight is 479 g/mol. The van der Waals surface area contributed by atoms with E-state index >= 15 is 0 Å². The summed E-state index contributed by atoms with van der Waals surface area (Å²) in [7, 11) is -2.75. The summed E-state index contributed by atoms with van der Waals surface area (Å²) in [6, 6.07) is 12.0. The van der Waals surface area contributed by atoms with Gasteiger partial charge in [0.15, 0.2) is 4.91 Å². The van der Waals surface area contributed by atoms with Gasteiger partial charge in [0, 0.05) is 11.2 Å². The molecular formula is C21H16ClFN2O4S2. The topological polar surface area (TPSA) is 75.7 Å². The lowest BCUT2D eigenvalue weighted by Crippen LogP contribution is -2.38. The zero-order chi connectivity index (χ0) is 22.2. The molecule has 10 heteroatoms. The molecule has 31 heavy (non-hydrogen) atoms. The molecule has 4 rings (SSSR count). The smallest absolute Gasteiger partial charge is 0.270 e. The highest BCUT2D eigenvalue weighted by molar-refractivity contribution is 7.97. The second-order valence-electron chi connectivity index (χ2n) is 6.60. The molecule has 0 spiro atoms. The molecule has 1 aliphatic heterocycles. The number of thiophene rings is 1. The number of hydrogen-bond donors (Lipinski definition) is 1. The summed E-state index contributed by atoms with van der Waals surface area (Å²) in [6.07, 6.45) is 1.13. The van der Waals surface area contributed by atoms with Gasteiger partial charge in [-0.3, -0.25) is 9.10 Å². The number of sulfonamides is 1. The lowest BCUT2D eigenvalue weighted by molar-refractivity contribution is 0.104. The van der Waals surface area contributed by atoms with Gasteiger partial charge in [-0.1, -0.05) is 23.7 Å². The summed E-state index contributed by atoms with van der Waals surface area (Å²) >= 11 is 7.16. The normalized spacial score (nSPS) is 16.3. The number of benzene rings is 2. The van der Waals surface area contributed by atoms with Crippen LogP contribution in [0.3, 0.4) is 0 Å². The molecule has 1 N–H and O–H groups in total. The Morgan fingerprint density at radius 2 is 2.03 bits per heavy atom. The van der Waals surface area contributed by atoms with Crippen molar-refractivity contribution in [2.24, 2.45) is 0 Å². The molecule has 0 radical (unpaired) electrons. The molecule has 0 aliphatic carbocycles. The molecule has 3 aromatic rings. The van der Waals surface area contributed by atoms with Crippen molar-refractivity contribution in [2.75, 3.05) is 16.7 Å². The van der Waals surface area contributed by atoms with Crippen LogP contribution in [0.4, 0.5) is 15.8 Å². The summed E-state index contributed by atoms with van der Waals surface area (Å²) in [6.45, 7) is -0.116. The Labute approximate surface area is 187 Å². The molecule has 0 amide bonds. The molecule has 2 aromatic carbocycles. The van der Waals surface area contributed by atoms with Gasteiger partial charge in [0.05, 0.1) is 25.0 Å². The van der Waals surface area contributed by atoms with E-state index in [2.05, 4.69) is 5.32 Å². The van der Waals surface area contributed by atoms with Gasteiger partial charge in [0.2, 0.25) is 5.78 Å². The number of Topliss-reactive ketones (excluding diaryl/α,β-unsaturated/α-hetero) is 1. The number of halogens is 2. The first-order valence-corrected chi connectivity index (χ1v) is 11.7. The van der Waals surface area contributed by atoms with Crippen molar-refractivity contribution in [3.05, 3.63) is 86.3 Å². The summed E-state index contributed by atoms with van der Waals surface area (Å²) in [5.41, 5.74) is 1.13. The first kappa shape index (κ1) is 21.4. The van der Waals surface area contributed by atoms with Crippen molar-refractivity contribution >= 4 is 50.1 Å². The first-order chi connectivity index (χ1) is 14.8. The number of nitrogens with one attached hydrogen (secondary N) is 1. The molecule has 0 atom stereocenters. The Morgan fingerprint density at radius 1 is 1.23 bits per heavy atom. The van der Waals surface area contributed by atoms with Crippen molar-refractivity contribution in [3.63, 3.8) is 0 Å². The van der Waals surface area contributed by atoms with Gasteiger partial charge in [0.1, 0.15) is 16.4 Å². The van der Waals surface area contributed by atoms with Crippen LogP contribution in [0, 0.1) is 5.82 Å². The van der Waals surface area contributed by atoms with Crippen LogP contribution in [0.2, 0.25) is 5.02 Å². The van der Waals surface area contributed by atoms with Crippen LogP contribution in [0.15, 0.2) is 65.0 Å². The van der Waals surface area contributed by atoms with Crippen molar-refractivity contribution in [1.82, 2.24) is 0 Å². The van der Waals surface area contributed by atoms with Crippen LogP contribution in [-0.2, 0) is 16.6 Å². The quantitative estimate of drug-likeness (QED) is 0.520. The third-order valence-corrected chi connectivity index (χ3v) is 7.55. The number of anilines is 2. The zero-order valence-corrected chi connectivity index (χ0v) is 18.5. The minimum absolute atomic E-state index is 0.116. The maximum atomic E-state index is 13.6. The number of nitrogens with zero attached hydrogens (tertiary/aromatic N) is 1. The van der Waals surface area contributed by atoms with Crippen molar-refractivity contribution in [3.8, 4) is 5.75 Å². The van der Waals surface area contributed by atoms with E-state index in [1.807, 2.05) is 0 Å². The van der Waals surface area contributed by atoms with Gasteiger partial charge >= 0.3 is 0 Å². The summed E-state index contributed by atoms with van der Waals surface area (Å²) < 4.78 is 46.7. The Balaban J connectivity index is 1.76. The van der Waals surface area contributed by atoms with Gasteiger partial charge in [-0.25, -0.2) is 12.8 Å². The predicted molar refractivity (Wildman–Crippen MR) is 120 cm³/mol. The molecule has 2 heterocycles. The zero-order valence-electron chi connectivity index (χ0n) is 16.1. The van der Waals surface area contributed by atoms with Crippen molar-refractivity contribution in [2.45, 2.75) is 6.54 Å². The molecule has 0 saturated heterocycles. The predicted octanol–water partition coefficient (Wildman–Crippen LogP) is 5.04. The van der Waals surface area contributed by atoms with Crippen molar-refractivity contribution < 1.29 is 22.3 Å². The van der Waals surface area contributed by atoms with Crippen molar-refractivity contribution in [1.29, 1.82) is 0 Å². The van der Waals surface area contributed by atoms with E-state index < -0.39 is 26.5 Å².